The quantitative estimate of drug-likeness (QED) is 0.354. The molecule has 3 aromatic carbocycles. The Morgan fingerprint density at radius 1 is 0.806 bits per heavy atom. The summed E-state index contributed by atoms with van der Waals surface area (Å²) in [5.41, 5.74) is 4.26. The smallest absolute Gasteiger partial charge is 0.262 e. The maximum atomic E-state index is 12.2. The van der Waals surface area contributed by atoms with E-state index in [9.17, 15) is 4.79 Å². The zero-order valence-corrected chi connectivity index (χ0v) is 19.9. The first-order valence-electron chi connectivity index (χ1n) is 9.39. The van der Waals surface area contributed by atoms with E-state index in [0.717, 1.165) is 22.4 Å². The summed E-state index contributed by atoms with van der Waals surface area (Å²) < 4.78 is 5.56. The summed E-state index contributed by atoms with van der Waals surface area (Å²) in [5, 5.41) is 7.89. The number of amides is 1. The van der Waals surface area contributed by atoms with Crippen LogP contribution >= 0.6 is 46.4 Å². The lowest BCUT2D eigenvalue weighted by Crippen LogP contribution is -2.20. The van der Waals surface area contributed by atoms with Gasteiger partial charge in [-0.2, -0.15) is 0 Å². The minimum atomic E-state index is -0.353. The maximum Gasteiger partial charge on any atom is 0.262 e. The van der Waals surface area contributed by atoms with Crippen LogP contribution in [0.15, 0.2) is 48.5 Å². The molecule has 4 nitrogen and oxygen atoms in total. The van der Waals surface area contributed by atoms with Crippen molar-refractivity contribution < 1.29 is 9.53 Å². The third-order valence-electron chi connectivity index (χ3n) is 4.53. The number of ether oxygens (including phenoxy) is 1. The van der Waals surface area contributed by atoms with E-state index in [1.807, 2.05) is 38.1 Å². The predicted octanol–water partition coefficient (Wildman–Crippen LogP) is 7.55. The predicted molar refractivity (Wildman–Crippen MR) is 130 cm³/mol. The van der Waals surface area contributed by atoms with Crippen molar-refractivity contribution in [2.45, 2.75) is 20.4 Å². The Morgan fingerprint density at radius 2 is 1.35 bits per heavy atom. The van der Waals surface area contributed by atoms with Crippen molar-refractivity contribution in [1.82, 2.24) is 0 Å². The van der Waals surface area contributed by atoms with Gasteiger partial charge >= 0.3 is 0 Å². The van der Waals surface area contributed by atoms with Crippen LogP contribution in [0, 0.1) is 13.8 Å². The van der Waals surface area contributed by atoms with Gasteiger partial charge in [0, 0.05) is 28.0 Å². The van der Waals surface area contributed by atoms with E-state index in [-0.39, 0.29) is 18.3 Å². The number of hydrogen-bond donors (Lipinski definition) is 2. The molecule has 0 heterocycles. The van der Waals surface area contributed by atoms with Gasteiger partial charge in [0.05, 0.1) is 10.0 Å². The summed E-state index contributed by atoms with van der Waals surface area (Å²) in [5.74, 6) is -0.100. The Hall–Kier alpha value is -2.11. The number of nitrogens with one attached hydrogen (secondary N) is 2. The molecule has 2 N–H and O–H groups in total. The second kappa shape index (κ2) is 10.5. The first-order valence-corrected chi connectivity index (χ1v) is 10.9. The Kier molecular flexibility index (Phi) is 7.95. The summed E-state index contributed by atoms with van der Waals surface area (Å²) in [6.07, 6.45) is 0. The van der Waals surface area contributed by atoms with Crippen molar-refractivity contribution in [2.75, 3.05) is 17.2 Å². The van der Waals surface area contributed by atoms with Crippen LogP contribution in [0.25, 0.3) is 0 Å². The number of carbonyl (C=O) groups is 1. The lowest BCUT2D eigenvalue weighted by Gasteiger charge is -2.13. The largest absolute Gasteiger partial charge is 0.481 e. The number of benzene rings is 3. The average molecular weight is 498 g/mol. The van der Waals surface area contributed by atoms with E-state index in [1.165, 1.54) is 0 Å². The molecule has 0 aliphatic rings. The molecule has 0 aromatic heterocycles. The third-order valence-corrected chi connectivity index (χ3v) is 5.91. The second-order valence-electron chi connectivity index (χ2n) is 7.01. The number of rotatable bonds is 7. The van der Waals surface area contributed by atoms with Gasteiger partial charge in [-0.05, 0) is 66.9 Å². The molecule has 0 saturated carbocycles. The molecule has 3 rings (SSSR count). The molecule has 3 aromatic rings. The highest BCUT2D eigenvalue weighted by Crippen LogP contribution is 2.34. The second-order valence-corrected chi connectivity index (χ2v) is 8.64. The summed E-state index contributed by atoms with van der Waals surface area (Å²) in [4.78, 5) is 12.2. The van der Waals surface area contributed by atoms with Crippen molar-refractivity contribution in [1.29, 1.82) is 0 Å². The number of halogens is 4. The van der Waals surface area contributed by atoms with E-state index in [2.05, 4.69) is 10.6 Å². The molecule has 8 heteroatoms. The Balaban J connectivity index is 1.59. The molecule has 0 fully saturated rings. The molecule has 31 heavy (non-hydrogen) atoms. The minimum Gasteiger partial charge on any atom is -0.481 e. The molecule has 1 amide bonds. The Bertz CT molecular complexity index is 1100. The van der Waals surface area contributed by atoms with Crippen LogP contribution in [0.2, 0.25) is 20.1 Å². The van der Waals surface area contributed by atoms with Crippen molar-refractivity contribution in [2.24, 2.45) is 0 Å². The van der Waals surface area contributed by atoms with Crippen LogP contribution < -0.4 is 15.4 Å². The lowest BCUT2D eigenvalue weighted by molar-refractivity contribution is -0.118. The number of hydrogen-bond acceptors (Lipinski definition) is 3. The van der Waals surface area contributed by atoms with Crippen LogP contribution in [-0.2, 0) is 11.3 Å². The van der Waals surface area contributed by atoms with Crippen LogP contribution in [-0.4, -0.2) is 12.5 Å². The first kappa shape index (κ1) is 23.6. The number of aryl methyl sites for hydroxylation is 2. The number of anilines is 2. The van der Waals surface area contributed by atoms with Crippen molar-refractivity contribution in [3.63, 3.8) is 0 Å². The fourth-order valence-electron chi connectivity index (χ4n) is 2.76. The molecule has 0 saturated heterocycles. The zero-order valence-electron chi connectivity index (χ0n) is 16.9. The standard InChI is InChI=1S/C23H20Cl4N2O2/c1-13-3-5-16(9-18(13)24)28-11-15-7-20(26)23(21(27)8-15)31-12-22(30)29-17-6-4-14(2)19(25)10-17/h3-10,28H,11-12H2,1-2H3,(H,29,30). The third kappa shape index (κ3) is 6.44. The van der Waals surface area contributed by atoms with Crippen LogP contribution in [0.5, 0.6) is 5.75 Å². The average Bonchev–Trinajstić information content (AvgIpc) is 2.71. The highest BCUT2D eigenvalue weighted by molar-refractivity contribution is 6.37. The monoisotopic (exact) mass is 496 g/mol. The normalized spacial score (nSPS) is 10.6. The SMILES string of the molecule is Cc1ccc(NCc2cc(Cl)c(OCC(=O)Nc3ccc(C)c(Cl)c3)c(Cl)c2)cc1Cl. The van der Waals surface area contributed by atoms with Gasteiger partial charge in [-0.15, -0.1) is 0 Å². The molecule has 162 valence electrons. The Morgan fingerprint density at radius 3 is 1.94 bits per heavy atom. The van der Waals surface area contributed by atoms with Crippen LogP contribution in [0.3, 0.4) is 0 Å². The van der Waals surface area contributed by atoms with Gasteiger partial charge in [0.25, 0.3) is 5.91 Å². The maximum absolute atomic E-state index is 12.2. The topological polar surface area (TPSA) is 50.4 Å². The lowest BCUT2D eigenvalue weighted by atomic mass is 10.2. The molecule has 0 aliphatic heterocycles. The molecule has 0 atom stereocenters. The zero-order chi connectivity index (χ0) is 22.5. The van der Waals surface area contributed by atoms with Crippen molar-refractivity contribution >= 4 is 63.7 Å². The molecule has 0 spiro atoms. The molecule has 0 unspecified atom stereocenters. The summed E-state index contributed by atoms with van der Waals surface area (Å²) in [6, 6.07) is 14.5. The summed E-state index contributed by atoms with van der Waals surface area (Å²) in [7, 11) is 0. The van der Waals surface area contributed by atoms with Gasteiger partial charge in [-0.3, -0.25) is 4.79 Å². The molecular formula is C23H20Cl4N2O2. The van der Waals surface area contributed by atoms with Gasteiger partial charge < -0.3 is 15.4 Å². The van der Waals surface area contributed by atoms with E-state index in [1.54, 1.807) is 24.3 Å². The summed E-state index contributed by atoms with van der Waals surface area (Å²) in [6.45, 7) is 4.08. The van der Waals surface area contributed by atoms with E-state index in [4.69, 9.17) is 51.1 Å². The van der Waals surface area contributed by atoms with E-state index in [0.29, 0.717) is 32.3 Å². The fraction of sp³-hybridized carbons (Fsp3) is 0.174. The van der Waals surface area contributed by atoms with Gasteiger partial charge in [-0.1, -0.05) is 58.5 Å². The highest BCUT2D eigenvalue weighted by atomic mass is 35.5. The minimum absolute atomic E-state index is 0.246. The van der Waals surface area contributed by atoms with Gasteiger partial charge in [-0.25, -0.2) is 0 Å². The highest BCUT2D eigenvalue weighted by Gasteiger charge is 2.13. The van der Waals surface area contributed by atoms with E-state index >= 15 is 0 Å². The van der Waals surface area contributed by atoms with Gasteiger partial charge in [0.15, 0.2) is 12.4 Å². The molecule has 0 radical (unpaired) electrons. The summed E-state index contributed by atoms with van der Waals surface area (Å²) >= 11 is 24.9. The molecule has 0 bridgehead atoms. The van der Waals surface area contributed by atoms with Crippen molar-refractivity contribution in [3.8, 4) is 5.75 Å². The van der Waals surface area contributed by atoms with Crippen LogP contribution in [0.4, 0.5) is 11.4 Å². The van der Waals surface area contributed by atoms with Gasteiger partial charge in [0.1, 0.15) is 0 Å². The molecular weight excluding hydrogens is 478 g/mol. The van der Waals surface area contributed by atoms with Gasteiger partial charge in [0.2, 0.25) is 0 Å². The van der Waals surface area contributed by atoms with Crippen LogP contribution in [0.1, 0.15) is 16.7 Å². The fourth-order valence-corrected chi connectivity index (χ4v) is 3.77. The molecule has 0 aliphatic carbocycles. The number of carbonyl (C=O) groups excluding carboxylic acids is 1. The first-order chi connectivity index (χ1) is 14.7. The van der Waals surface area contributed by atoms with Crippen molar-refractivity contribution in [3.05, 3.63) is 85.3 Å². The Labute approximate surface area is 201 Å². The van der Waals surface area contributed by atoms with E-state index < -0.39 is 0 Å².